The summed E-state index contributed by atoms with van der Waals surface area (Å²) in [5.41, 5.74) is 2.78. The average Bonchev–Trinajstić information content (AvgIpc) is 3.23. The fourth-order valence-corrected chi connectivity index (χ4v) is 4.01. The third-order valence-corrected chi connectivity index (χ3v) is 5.69. The molecule has 1 N–H and O–H groups in total. The minimum absolute atomic E-state index is 0.148. The van der Waals surface area contributed by atoms with Gasteiger partial charge < -0.3 is 24.3 Å². The Morgan fingerprint density at radius 3 is 2.91 bits per heavy atom. The minimum atomic E-state index is -0.420. The van der Waals surface area contributed by atoms with Gasteiger partial charge in [0, 0.05) is 19.0 Å². The summed E-state index contributed by atoms with van der Waals surface area (Å²) in [6, 6.07) is 10.9. The lowest BCUT2D eigenvalue weighted by atomic mass is 10.1. The Balaban J connectivity index is 1.15. The molecule has 3 heterocycles. The molecule has 0 aliphatic carbocycles. The van der Waals surface area contributed by atoms with Gasteiger partial charge in [0.05, 0.1) is 43.0 Å². The molecule has 2 amide bonds. The summed E-state index contributed by atoms with van der Waals surface area (Å²) in [5.74, 6) is 1.52. The number of anilines is 1. The second-order valence-electron chi connectivity index (χ2n) is 7.96. The first-order chi connectivity index (χ1) is 16.6. The van der Waals surface area contributed by atoms with Gasteiger partial charge in [0.1, 0.15) is 19.3 Å². The van der Waals surface area contributed by atoms with Crippen LogP contribution < -0.4 is 24.4 Å². The van der Waals surface area contributed by atoms with Crippen molar-refractivity contribution in [2.24, 2.45) is 0 Å². The molecule has 5 rings (SSSR count). The van der Waals surface area contributed by atoms with Crippen LogP contribution in [0, 0.1) is 0 Å². The van der Waals surface area contributed by atoms with Crippen LogP contribution in [0.15, 0.2) is 42.6 Å². The van der Waals surface area contributed by atoms with E-state index in [1.807, 2.05) is 18.2 Å². The Labute approximate surface area is 195 Å². The molecule has 0 bridgehead atoms. The smallest absolute Gasteiger partial charge is 0.414 e. The van der Waals surface area contributed by atoms with Crippen LogP contribution in [0.1, 0.15) is 12.0 Å². The van der Waals surface area contributed by atoms with E-state index < -0.39 is 6.09 Å². The van der Waals surface area contributed by atoms with Crippen molar-refractivity contribution in [2.75, 3.05) is 38.3 Å². The molecule has 10 nitrogen and oxygen atoms in total. The molecule has 2 aliphatic rings. The largest absolute Gasteiger partial charge is 0.486 e. The molecule has 2 aliphatic heterocycles. The number of hydrogen-bond donors (Lipinski definition) is 1. The van der Waals surface area contributed by atoms with Crippen LogP contribution in [0.25, 0.3) is 11.0 Å². The van der Waals surface area contributed by atoms with Crippen LogP contribution in [0.2, 0.25) is 0 Å². The standard InChI is InChI=1S/C24H24N4O6/c1-31-22-13-26-18-4-2-3-15(23(18)27-22)11-21(29)25-8-7-17-14-28(24(30)34-17)16-5-6-19-20(12-16)33-10-9-32-19/h2-6,12-13,17H,7-11,14H2,1H3,(H,25,29)/t17-/m0/s1. The summed E-state index contributed by atoms with van der Waals surface area (Å²) in [4.78, 5) is 35.2. The summed E-state index contributed by atoms with van der Waals surface area (Å²) in [5, 5.41) is 2.90. The number of para-hydroxylation sites is 1. The Kier molecular flexibility index (Phi) is 6.03. The van der Waals surface area contributed by atoms with Crippen molar-refractivity contribution in [1.29, 1.82) is 0 Å². The van der Waals surface area contributed by atoms with Crippen molar-refractivity contribution in [1.82, 2.24) is 15.3 Å². The number of nitrogens with zero attached hydrogens (tertiary/aromatic N) is 3. The van der Waals surface area contributed by atoms with E-state index in [0.29, 0.717) is 66.8 Å². The van der Waals surface area contributed by atoms with Crippen molar-refractivity contribution in [3.05, 3.63) is 48.2 Å². The zero-order valence-corrected chi connectivity index (χ0v) is 18.7. The molecule has 0 spiro atoms. The van der Waals surface area contributed by atoms with Crippen molar-refractivity contribution >= 4 is 28.7 Å². The fraction of sp³-hybridized carbons (Fsp3) is 0.333. The molecular weight excluding hydrogens is 440 g/mol. The SMILES string of the molecule is COc1cnc2cccc(CC(=O)NCC[C@H]3CN(c4ccc5c(c4)OCCO5)C(=O)O3)c2n1. The first-order valence-electron chi connectivity index (χ1n) is 11.0. The number of ether oxygens (including phenoxy) is 4. The number of hydrogen-bond acceptors (Lipinski definition) is 8. The van der Waals surface area contributed by atoms with E-state index >= 15 is 0 Å². The second-order valence-corrected chi connectivity index (χ2v) is 7.96. The summed E-state index contributed by atoms with van der Waals surface area (Å²) in [6.45, 7) is 1.76. The van der Waals surface area contributed by atoms with Crippen molar-refractivity contribution < 1.29 is 28.5 Å². The van der Waals surface area contributed by atoms with E-state index in [0.717, 1.165) is 5.56 Å². The first kappa shape index (κ1) is 21.7. The van der Waals surface area contributed by atoms with Gasteiger partial charge in [-0.1, -0.05) is 12.1 Å². The van der Waals surface area contributed by atoms with Gasteiger partial charge in [-0.3, -0.25) is 9.69 Å². The van der Waals surface area contributed by atoms with E-state index in [1.165, 1.54) is 7.11 Å². The normalized spacial score (nSPS) is 16.9. The Hall–Kier alpha value is -4.08. The molecule has 10 heteroatoms. The predicted octanol–water partition coefficient (Wildman–Crippen LogP) is 2.48. The number of aromatic nitrogens is 2. The van der Waals surface area contributed by atoms with E-state index in [2.05, 4.69) is 15.3 Å². The average molecular weight is 464 g/mol. The fourth-order valence-electron chi connectivity index (χ4n) is 4.01. The van der Waals surface area contributed by atoms with Crippen molar-refractivity contribution in [2.45, 2.75) is 18.9 Å². The van der Waals surface area contributed by atoms with Gasteiger partial charge in [0.2, 0.25) is 11.8 Å². The van der Waals surface area contributed by atoms with Crippen LogP contribution in [0.3, 0.4) is 0 Å². The van der Waals surface area contributed by atoms with Gasteiger partial charge in [0.15, 0.2) is 11.5 Å². The molecule has 1 atom stereocenters. The first-order valence-corrected chi connectivity index (χ1v) is 11.0. The number of rotatable bonds is 7. The third-order valence-electron chi connectivity index (χ3n) is 5.69. The van der Waals surface area contributed by atoms with Crippen LogP contribution in [0.4, 0.5) is 10.5 Å². The summed E-state index contributed by atoms with van der Waals surface area (Å²) < 4.78 is 21.8. The van der Waals surface area contributed by atoms with Crippen LogP contribution in [-0.2, 0) is 16.0 Å². The Morgan fingerprint density at radius 2 is 2.06 bits per heavy atom. The molecule has 176 valence electrons. The molecule has 34 heavy (non-hydrogen) atoms. The number of methoxy groups -OCH3 is 1. The lowest BCUT2D eigenvalue weighted by Gasteiger charge is -2.21. The highest BCUT2D eigenvalue weighted by atomic mass is 16.6. The molecule has 0 saturated carbocycles. The molecule has 2 aromatic carbocycles. The topological polar surface area (TPSA) is 112 Å². The highest BCUT2D eigenvalue weighted by Gasteiger charge is 2.32. The molecule has 1 saturated heterocycles. The number of benzene rings is 2. The maximum absolute atomic E-state index is 12.5. The molecule has 0 radical (unpaired) electrons. The summed E-state index contributed by atoms with van der Waals surface area (Å²) in [7, 11) is 1.52. The Bertz CT molecular complexity index is 1230. The Morgan fingerprint density at radius 1 is 1.21 bits per heavy atom. The van der Waals surface area contributed by atoms with Gasteiger partial charge >= 0.3 is 6.09 Å². The van der Waals surface area contributed by atoms with Crippen LogP contribution >= 0.6 is 0 Å². The molecule has 0 unspecified atom stereocenters. The second kappa shape index (κ2) is 9.42. The van der Waals surface area contributed by atoms with Crippen LogP contribution in [0.5, 0.6) is 17.4 Å². The zero-order valence-electron chi connectivity index (χ0n) is 18.7. The van der Waals surface area contributed by atoms with E-state index in [1.54, 1.807) is 29.3 Å². The van der Waals surface area contributed by atoms with E-state index in [-0.39, 0.29) is 18.4 Å². The number of amides is 2. The highest BCUT2D eigenvalue weighted by molar-refractivity contribution is 5.90. The molecule has 1 fully saturated rings. The van der Waals surface area contributed by atoms with Gasteiger partial charge in [0.25, 0.3) is 0 Å². The highest BCUT2D eigenvalue weighted by Crippen LogP contribution is 2.35. The summed E-state index contributed by atoms with van der Waals surface area (Å²) in [6.07, 6.45) is 1.46. The van der Waals surface area contributed by atoms with E-state index in [4.69, 9.17) is 18.9 Å². The van der Waals surface area contributed by atoms with E-state index in [9.17, 15) is 9.59 Å². The number of carbonyl (C=O) groups excluding carboxylic acids is 2. The third kappa shape index (κ3) is 4.52. The zero-order chi connectivity index (χ0) is 23.5. The lowest BCUT2D eigenvalue weighted by molar-refractivity contribution is -0.120. The maximum Gasteiger partial charge on any atom is 0.414 e. The number of nitrogens with one attached hydrogen (secondary N) is 1. The predicted molar refractivity (Wildman–Crippen MR) is 122 cm³/mol. The van der Waals surface area contributed by atoms with Gasteiger partial charge in [-0.25, -0.2) is 14.8 Å². The number of carbonyl (C=O) groups is 2. The minimum Gasteiger partial charge on any atom is -0.486 e. The van der Waals surface area contributed by atoms with Gasteiger partial charge in [-0.2, -0.15) is 0 Å². The van der Waals surface area contributed by atoms with Crippen molar-refractivity contribution in [3.8, 4) is 17.4 Å². The maximum atomic E-state index is 12.5. The lowest BCUT2D eigenvalue weighted by Crippen LogP contribution is -2.30. The molecule has 3 aromatic rings. The number of fused-ring (bicyclic) bond motifs is 2. The van der Waals surface area contributed by atoms with Crippen molar-refractivity contribution in [3.63, 3.8) is 0 Å². The molecule has 1 aromatic heterocycles. The monoisotopic (exact) mass is 464 g/mol. The summed E-state index contributed by atoms with van der Waals surface area (Å²) >= 11 is 0. The molecular formula is C24H24N4O6. The van der Waals surface area contributed by atoms with Crippen LogP contribution in [-0.4, -0.2) is 61.5 Å². The number of cyclic esters (lactones) is 1. The van der Waals surface area contributed by atoms with Gasteiger partial charge in [-0.15, -0.1) is 0 Å². The quantitative estimate of drug-likeness (QED) is 0.568. The van der Waals surface area contributed by atoms with Gasteiger partial charge in [-0.05, 0) is 23.8 Å².